The summed E-state index contributed by atoms with van der Waals surface area (Å²) in [5.74, 6) is 0.554. The summed E-state index contributed by atoms with van der Waals surface area (Å²) in [5.41, 5.74) is 3.02. The number of carbonyl (C=O) groups excluding carboxylic acids is 2. The molecule has 0 N–H and O–H groups in total. The van der Waals surface area contributed by atoms with Crippen molar-refractivity contribution in [3.05, 3.63) is 135 Å². The normalized spacial score (nSPS) is 11.2. The van der Waals surface area contributed by atoms with Crippen LogP contribution in [0.25, 0.3) is 17.0 Å². The second-order valence-electron chi connectivity index (χ2n) is 8.74. The Balaban J connectivity index is 1.28. The largest absolute Gasteiger partial charge is 0.489 e. The Kier molecular flexibility index (Phi) is 7.82. The second-order valence-corrected chi connectivity index (χ2v) is 9.59. The number of halogens is 2. The summed E-state index contributed by atoms with van der Waals surface area (Å²) in [6.07, 6.45) is 3.05. The molecule has 5 aromatic rings. The third-order valence-electron chi connectivity index (χ3n) is 6.01. The molecule has 4 aromatic carbocycles. The molecule has 0 radical (unpaired) electrons. The van der Waals surface area contributed by atoms with Crippen LogP contribution in [0.5, 0.6) is 11.5 Å². The van der Waals surface area contributed by atoms with Crippen molar-refractivity contribution in [1.29, 1.82) is 0 Å². The van der Waals surface area contributed by atoms with Gasteiger partial charge in [0.15, 0.2) is 5.78 Å². The van der Waals surface area contributed by atoms with Gasteiger partial charge in [-0.25, -0.2) is 4.79 Å². The van der Waals surface area contributed by atoms with Crippen molar-refractivity contribution in [1.82, 2.24) is 0 Å². The van der Waals surface area contributed by atoms with E-state index in [0.29, 0.717) is 61.6 Å². The topological polar surface area (TPSA) is 65.7 Å². The molecule has 5 rings (SSSR count). The molecule has 0 aliphatic carbocycles. The van der Waals surface area contributed by atoms with Crippen molar-refractivity contribution >= 4 is 52.0 Å². The Morgan fingerprint density at radius 2 is 1.62 bits per heavy atom. The van der Waals surface area contributed by atoms with Crippen LogP contribution in [0.1, 0.15) is 37.6 Å². The zero-order valence-corrected chi connectivity index (χ0v) is 22.3. The number of ketones is 1. The van der Waals surface area contributed by atoms with E-state index in [1.807, 2.05) is 30.3 Å². The van der Waals surface area contributed by atoms with Crippen LogP contribution in [-0.2, 0) is 6.61 Å². The van der Waals surface area contributed by atoms with Gasteiger partial charge < -0.3 is 13.9 Å². The lowest BCUT2D eigenvalue weighted by atomic mass is 10.1. The number of carbonyl (C=O) groups is 2. The second kappa shape index (κ2) is 11.6. The van der Waals surface area contributed by atoms with Gasteiger partial charge in [-0.2, -0.15) is 0 Å². The average Bonchev–Trinajstić information content (AvgIpc) is 3.27. The van der Waals surface area contributed by atoms with Crippen molar-refractivity contribution in [3.8, 4) is 11.5 Å². The molecule has 0 amide bonds. The lowest BCUT2D eigenvalue weighted by molar-refractivity contribution is 0.0734. The zero-order valence-electron chi connectivity index (χ0n) is 20.8. The summed E-state index contributed by atoms with van der Waals surface area (Å²) in [4.78, 5) is 25.7. The van der Waals surface area contributed by atoms with Crippen LogP contribution in [0.2, 0.25) is 10.0 Å². The highest BCUT2D eigenvalue weighted by Gasteiger charge is 2.21. The first-order valence-corrected chi connectivity index (χ1v) is 12.8. The standard InChI is InChI=1S/C32H22Cl2O5/c1-20-31(27-18-26(14-16-30(27)38-20)37-19-21-5-3-2-4-6-21)32(36)39-25-12-8-23(9-13-25)29(35)15-10-22-7-11-24(33)17-28(22)34/h2-18H,19H2,1H3/b15-10+. The summed E-state index contributed by atoms with van der Waals surface area (Å²) in [7, 11) is 0. The molecular formula is C32H22Cl2O5. The monoisotopic (exact) mass is 556 g/mol. The van der Waals surface area contributed by atoms with Gasteiger partial charge >= 0.3 is 5.97 Å². The molecule has 39 heavy (non-hydrogen) atoms. The predicted octanol–water partition coefficient (Wildman–Crippen LogP) is 8.74. The van der Waals surface area contributed by atoms with Crippen molar-refractivity contribution in [2.45, 2.75) is 13.5 Å². The fourth-order valence-corrected chi connectivity index (χ4v) is 4.50. The van der Waals surface area contributed by atoms with E-state index in [1.54, 1.807) is 73.7 Å². The fourth-order valence-electron chi connectivity index (χ4n) is 4.03. The number of furan rings is 1. The van der Waals surface area contributed by atoms with Gasteiger partial charge in [0.2, 0.25) is 0 Å². The van der Waals surface area contributed by atoms with Gasteiger partial charge in [-0.3, -0.25) is 4.79 Å². The first-order valence-electron chi connectivity index (χ1n) is 12.1. The van der Waals surface area contributed by atoms with Crippen LogP contribution >= 0.6 is 23.2 Å². The van der Waals surface area contributed by atoms with Crippen molar-refractivity contribution in [2.75, 3.05) is 0 Å². The lowest BCUT2D eigenvalue weighted by Crippen LogP contribution is -2.09. The molecule has 0 saturated carbocycles. The molecule has 0 fully saturated rings. The van der Waals surface area contributed by atoms with Crippen LogP contribution in [0.3, 0.4) is 0 Å². The molecule has 0 atom stereocenters. The average molecular weight is 557 g/mol. The third kappa shape index (κ3) is 6.23. The van der Waals surface area contributed by atoms with E-state index in [0.717, 1.165) is 5.56 Å². The summed E-state index contributed by atoms with van der Waals surface area (Å²) < 4.78 is 17.3. The molecule has 0 unspecified atom stereocenters. The SMILES string of the molecule is Cc1oc2ccc(OCc3ccccc3)cc2c1C(=O)Oc1ccc(C(=O)/C=C/c2ccc(Cl)cc2Cl)cc1. The molecule has 5 nitrogen and oxygen atoms in total. The summed E-state index contributed by atoms with van der Waals surface area (Å²) in [5, 5.41) is 1.57. The maximum atomic E-state index is 13.1. The van der Waals surface area contributed by atoms with E-state index in [9.17, 15) is 9.59 Å². The quantitative estimate of drug-likeness (QED) is 0.0826. The van der Waals surface area contributed by atoms with Gasteiger partial charge in [0.05, 0.1) is 0 Å². The summed E-state index contributed by atoms with van der Waals surface area (Å²) >= 11 is 12.1. The summed E-state index contributed by atoms with van der Waals surface area (Å²) in [6, 6.07) is 26.5. The maximum Gasteiger partial charge on any atom is 0.347 e. The lowest BCUT2D eigenvalue weighted by Gasteiger charge is -2.07. The molecule has 0 aliphatic heterocycles. The molecule has 0 bridgehead atoms. The minimum absolute atomic E-state index is 0.224. The third-order valence-corrected chi connectivity index (χ3v) is 6.58. The van der Waals surface area contributed by atoms with Gasteiger partial charge in [0.25, 0.3) is 0 Å². The number of esters is 1. The number of rotatable bonds is 8. The molecule has 0 aliphatic rings. The minimum atomic E-state index is -0.567. The van der Waals surface area contributed by atoms with Crippen molar-refractivity contribution in [2.24, 2.45) is 0 Å². The Hall–Kier alpha value is -4.32. The number of aryl methyl sites for hydroxylation is 1. The molecule has 7 heteroatoms. The Bertz CT molecular complexity index is 1690. The smallest absolute Gasteiger partial charge is 0.347 e. The Morgan fingerprint density at radius 1 is 0.872 bits per heavy atom. The van der Waals surface area contributed by atoms with Crippen LogP contribution in [0.4, 0.5) is 0 Å². The number of ether oxygens (including phenoxy) is 2. The molecule has 0 spiro atoms. The number of allylic oxidation sites excluding steroid dienone is 1. The number of benzene rings is 4. The minimum Gasteiger partial charge on any atom is -0.489 e. The highest BCUT2D eigenvalue weighted by Crippen LogP contribution is 2.31. The number of hydrogen-bond acceptors (Lipinski definition) is 5. The van der Waals surface area contributed by atoms with Gasteiger partial charge in [-0.1, -0.05) is 59.6 Å². The van der Waals surface area contributed by atoms with E-state index in [-0.39, 0.29) is 5.78 Å². The molecular weight excluding hydrogens is 535 g/mol. The number of fused-ring (bicyclic) bond motifs is 1. The van der Waals surface area contributed by atoms with E-state index >= 15 is 0 Å². The fraction of sp³-hybridized carbons (Fsp3) is 0.0625. The van der Waals surface area contributed by atoms with E-state index in [4.69, 9.17) is 37.1 Å². The highest BCUT2D eigenvalue weighted by atomic mass is 35.5. The molecule has 1 heterocycles. The number of hydrogen-bond donors (Lipinski definition) is 0. The van der Waals surface area contributed by atoms with Crippen molar-refractivity contribution < 1.29 is 23.5 Å². The first-order chi connectivity index (χ1) is 18.9. The maximum absolute atomic E-state index is 13.1. The molecule has 1 aromatic heterocycles. The van der Waals surface area contributed by atoms with E-state index < -0.39 is 5.97 Å². The molecule has 0 saturated heterocycles. The summed E-state index contributed by atoms with van der Waals surface area (Å²) in [6.45, 7) is 2.11. The van der Waals surface area contributed by atoms with Crippen LogP contribution in [-0.4, -0.2) is 11.8 Å². The predicted molar refractivity (Wildman–Crippen MR) is 153 cm³/mol. The Labute approximate surface area is 235 Å². The first kappa shape index (κ1) is 26.3. The van der Waals surface area contributed by atoms with E-state index in [2.05, 4.69) is 0 Å². The van der Waals surface area contributed by atoms with Crippen LogP contribution < -0.4 is 9.47 Å². The van der Waals surface area contributed by atoms with Gasteiger partial charge in [0.1, 0.15) is 35.0 Å². The van der Waals surface area contributed by atoms with Gasteiger partial charge in [0, 0.05) is 21.0 Å². The molecule has 194 valence electrons. The van der Waals surface area contributed by atoms with Crippen molar-refractivity contribution in [3.63, 3.8) is 0 Å². The Morgan fingerprint density at radius 3 is 2.36 bits per heavy atom. The van der Waals surface area contributed by atoms with Gasteiger partial charge in [-0.15, -0.1) is 0 Å². The zero-order chi connectivity index (χ0) is 27.4. The van der Waals surface area contributed by atoms with Gasteiger partial charge in [-0.05, 0) is 84.8 Å². The van der Waals surface area contributed by atoms with Crippen LogP contribution in [0.15, 0.2) is 101 Å². The van der Waals surface area contributed by atoms with Crippen LogP contribution in [0, 0.1) is 6.92 Å². The highest BCUT2D eigenvalue weighted by molar-refractivity contribution is 6.35. The van der Waals surface area contributed by atoms with E-state index in [1.165, 1.54) is 6.08 Å².